The Bertz CT molecular complexity index is 1540. The molecule has 6 aromatic carbocycles. The van der Waals surface area contributed by atoms with Crippen molar-refractivity contribution in [3.63, 3.8) is 0 Å². The van der Waals surface area contributed by atoms with Gasteiger partial charge in [-0.25, -0.2) is 0 Å². The molecule has 0 unspecified atom stereocenters. The maximum atomic E-state index is 2.45. The van der Waals surface area contributed by atoms with Crippen LogP contribution in [0, 0.1) is 0 Å². The summed E-state index contributed by atoms with van der Waals surface area (Å²) in [5, 5.41) is 7.91. The van der Waals surface area contributed by atoms with Gasteiger partial charge in [0.1, 0.15) is 0 Å². The van der Waals surface area contributed by atoms with Crippen molar-refractivity contribution in [2.45, 2.75) is 9.79 Å². The van der Waals surface area contributed by atoms with Crippen molar-refractivity contribution in [1.82, 2.24) is 0 Å². The van der Waals surface area contributed by atoms with E-state index in [1.165, 1.54) is 59.2 Å². The summed E-state index contributed by atoms with van der Waals surface area (Å²) in [6, 6.07) is 37.6. The number of hydrogen-bond donors (Lipinski definition) is 0. The molecule has 140 valence electrons. The van der Waals surface area contributed by atoms with Gasteiger partial charge in [0.15, 0.2) is 0 Å². The number of nitrogens with zero attached hydrogens (tertiary/aromatic N) is 1. The first-order valence-electron chi connectivity index (χ1n) is 10.2. The van der Waals surface area contributed by atoms with E-state index < -0.39 is 0 Å². The largest absolute Gasteiger partial charge is 0.308 e. The van der Waals surface area contributed by atoms with E-state index in [-0.39, 0.29) is 0 Å². The molecule has 0 amide bonds. The van der Waals surface area contributed by atoms with Gasteiger partial charge >= 0.3 is 0 Å². The Morgan fingerprint density at radius 1 is 0.467 bits per heavy atom. The molecule has 2 heteroatoms. The van der Waals surface area contributed by atoms with Crippen molar-refractivity contribution < 1.29 is 0 Å². The minimum absolute atomic E-state index is 1.24. The molecule has 0 bridgehead atoms. The molecule has 1 aliphatic heterocycles. The van der Waals surface area contributed by atoms with Gasteiger partial charge < -0.3 is 4.90 Å². The maximum Gasteiger partial charge on any atom is 0.0601 e. The third kappa shape index (κ3) is 2.14. The molecule has 7 rings (SSSR count). The molecule has 1 aliphatic rings. The zero-order chi connectivity index (χ0) is 19.7. The summed E-state index contributed by atoms with van der Waals surface area (Å²) in [7, 11) is 0. The van der Waals surface area contributed by atoms with Crippen LogP contribution in [0.3, 0.4) is 0 Å². The fourth-order valence-electron chi connectivity index (χ4n) is 4.89. The fourth-order valence-corrected chi connectivity index (χ4v) is 5.95. The van der Waals surface area contributed by atoms with Crippen LogP contribution in [0.1, 0.15) is 0 Å². The highest BCUT2D eigenvalue weighted by molar-refractivity contribution is 7.99. The molecule has 0 saturated heterocycles. The van der Waals surface area contributed by atoms with E-state index in [2.05, 4.69) is 108 Å². The fraction of sp³-hybridized carbons (Fsp3) is 0. The Labute approximate surface area is 178 Å². The van der Waals surface area contributed by atoms with Crippen molar-refractivity contribution in [3.8, 4) is 0 Å². The number of anilines is 3. The lowest BCUT2D eigenvalue weighted by atomic mass is 9.92. The molecule has 0 aliphatic carbocycles. The molecule has 1 heterocycles. The standard InChI is InChI=1S/C28H17NS/c1-3-13-25-22(11-1)29(23-12-2-4-14-26(23)30-25)24-17-20-9-5-7-18-15-16-19-8-6-10-21(24)28(19)27(18)20/h1-17H. The van der Waals surface area contributed by atoms with Gasteiger partial charge in [-0.05, 0) is 57.3 Å². The molecule has 0 fully saturated rings. The Balaban J connectivity index is 1.66. The molecule has 6 aromatic rings. The van der Waals surface area contributed by atoms with Crippen LogP contribution in [-0.2, 0) is 0 Å². The maximum absolute atomic E-state index is 2.45. The van der Waals surface area contributed by atoms with Gasteiger partial charge in [-0.3, -0.25) is 0 Å². The average Bonchev–Trinajstić information content (AvgIpc) is 2.81. The second-order valence-corrected chi connectivity index (χ2v) is 8.90. The molecular weight excluding hydrogens is 382 g/mol. The Kier molecular flexibility index (Phi) is 3.27. The summed E-state index contributed by atoms with van der Waals surface area (Å²) in [6.07, 6.45) is 0. The zero-order valence-electron chi connectivity index (χ0n) is 16.2. The van der Waals surface area contributed by atoms with Crippen LogP contribution in [0.4, 0.5) is 17.1 Å². The highest BCUT2D eigenvalue weighted by Gasteiger charge is 2.26. The molecule has 0 atom stereocenters. The Morgan fingerprint density at radius 2 is 1.07 bits per heavy atom. The second-order valence-electron chi connectivity index (χ2n) is 7.82. The quantitative estimate of drug-likeness (QED) is 0.254. The van der Waals surface area contributed by atoms with E-state index in [0.29, 0.717) is 0 Å². The van der Waals surface area contributed by atoms with Gasteiger partial charge in [0.25, 0.3) is 0 Å². The SMILES string of the molecule is c1ccc2c(c1)Sc1ccccc1N2c1cc2cccc3ccc4cccc1c4c32. The molecule has 1 nitrogen and oxygen atoms in total. The first-order chi connectivity index (χ1) is 14.9. The minimum atomic E-state index is 1.24. The van der Waals surface area contributed by atoms with E-state index in [1.807, 2.05) is 11.8 Å². The van der Waals surface area contributed by atoms with E-state index in [9.17, 15) is 0 Å². The van der Waals surface area contributed by atoms with Crippen LogP contribution in [0.5, 0.6) is 0 Å². The minimum Gasteiger partial charge on any atom is -0.308 e. The van der Waals surface area contributed by atoms with Crippen LogP contribution >= 0.6 is 11.8 Å². The molecule has 0 N–H and O–H groups in total. The first-order valence-corrected chi connectivity index (χ1v) is 11.0. The summed E-state index contributed by atoms with van der Waals surface area (Å²) in [5.41, 5.74) is 3.74. The van der Waals surface area contributed by atoms with Crippen molar-refractivity contribution in [3.05, 3.63) is 103 Å². The topological polar surface area (TPSA) is 3.24 Å². The number of hydrogen-bond acceptors (Lipinski definition) is 2. The lowest BCUT2D eigenvalue weighted by molar-refractivity contribution is 1.17. The van der Waals surface area contributed by atoms with E-state index in [0.717, 1.165) is 0 Å². The molecule has 0 radical (unpaired) electrons. The number of rotatable bonds is 1. The number of fused-ring (bicyclic) bond motifs is 2. The van der Waals surface area contributed by atoms with Gasteiger partial charge in [0.2, 0.25) is 0 Å². The molecule has 0 saturated carbocycles. The van der Waals surface area contributed by atoms with E-state index in [1.54, 1.807) is 0 Å². The summed E-state index contributed by atoms with van der Waals surface area (Å²) in [5.74, 6) is 0. The molecular formula is C28H17NS. The third-order valence-electron chi connectivity index (χ3n) is 6.16. The summed E-state index contributed by atoms with van der Waals surface area (Å²) >= 11 is 1.85. The monoisotopic (exact) mass is 399 g/mol. The highest BCUT2D eigenvalue weighted by atomic mass is 32.2. The van der Waals surface area contributed by atoms with Crippen LogP contribution < -0.4 is 4.90 Å². The predicted octanol–water partition coefficient (Wildman–Crippen LogP) is 8.52. The Morgan fingerprint density at radius 3 is 1.80 bits per heavy atom. The predicted molar refractivity (Wildman–Crippen MR) is 129 cm³/mol. The summed E-state index contributed by atoms with van der Waals surface area (Å²) < 4.78 is 0. The molecule has 30 heavy (non-hydrogen) atoms. The molecule has 0 aromatic heterocycles. The van der Waals surface area contributed by atoms with Crippen LogP contribution in [0.15, 0.2) is 113 Å². The number of benzene rings is 6. The smallest absolute Gasteiger partial charge is 0.0601 e. The van der Waals surface area contributed by atoms with E-state index in [4.69, 9.17) is 0 Å². The van der Waals surface area contributed by atoms with Crippen molar-refractivity contribution in [2.24, 2.45) is 0 Å². The van der Waals surface area contributed by atoms with Gasteiger partial charge in [0.05, 0.1) is 17.1 Å². The van der Waals surface area contributed by atoms with Crippen LogP contribution in [0.25, 0.3) is 32.3 Å². The van der Waals surface area contributed by atoms with Crippen LogP contribution in [-0.4, -0.2) is 0 Å². The van der Waals surface area contributed by atoms with Crippen molar-refractivity contribution in [2.75, 3.05) is 4.90 Å². The van der Waals surface area contributed by atoms with Gasteiger partial charge in [-0.15, -0.1) is 0 Å². The van der Waals surface area contributed by atoms with Gasteiger partial charge in [0, 0.05) is 15.2 Å². The summed E-state index contributed by atoms with van der Waals surface area (Å²) in [4.78, 5) is 5.03. The zero-order valence-corrected chi connectivity index (χ0v) is 17.0. The second kappa shape index (κ2) is 6.01. The number of para-hydroxylation sites is 2. The van der Waals surface area contributed by atoms with Crippen LogP contribution in [0.2, 0.25) is 0 Å². The lowest BCUT2D eigenvalue weighted by Crippen LogP contribution is -2.15. The van der Waals surface area contributed by atoms with Gasteiger partial charge in [-0.2, -0.15) is 0 Å². The Hall–Kier alpha value is -3.49. The lowest BCUT2D eigenvalue weighted by Gasteiger charge is -2.34. The van der Waals surface area contributed by atoms with E-state index >= 15 is 0 Å². The molecule has 0 spiro atoms. The average molecular weight is 400 g/mol. The third-order valence-corrected chi connectivity index (χ3v) is 7.29. The highest BCUT2D eigenvalue weighted by Crippen LogP contribution is 2.53. The van der Waals surface area contributed by atoms with Gasteiger partial charge in [-0.1, -0.05) is 84.6 Å². The van der Waals surface area contributed by atoms with Crippen molar-refractivity contribution >= 4 is 61.1 Å². The normalized spacial score (nSPS) is 13.1. The first kappa shape index (κ1) is 16.3. The summed E-state index contributed by atoms with van der Waals surface area (Å²) in [6.45, 7) is 0. The van der Waals surface area contributed by atoms with Crippen molar-refractivity contribution in [1.29, 1.82) is 0 Å².